The van der Waals surface area contributed by atoms with E-state index < -0.39 is 28.5 Å². The highest BCUT2D eigenvalue weighted by Crippen LogP contribution is 2.30. The zero-order chi connectivity index (χ0) is 30.9. The predicted octanol–water partition coefficient (Wildman–Crippen LogP) is 6.68. The Bertz CT molecular complexity index is 1450. The van der Waals surface area contributed by atoms with Gasteiger partial charge in [-0.2, -0.15) is 0 Å². The summed E-state index contributed by atoms with van der Waals surface area (Å²) in [6.45, 7) is 5.76. The van der Waals surface area contributed by atoms with Gasteiger partial charge in [0.2, 0.25) is 11.8 Å². The van der Waals surface area contributed by atoms with E-state index in [0.717, 1.165) is 4.31 Å². The molecule has 8 nitrogen and oxygen atoms in total. The van der Waals surface area contributed by atoms with Crippen LogP contribution in [0.3, 0.4) is 0 Å². The normalized spacial score (nSPS) is 12.0. The summed E-state index contributed by atoms with van der Waals surface area (Å²) in [6.07, 6.45) is 0.995. The average molecular weight is 699 g/mol. The van der Waals surface area contributed by atoms with E-state index in [1.54, 1.807) is 61.5 Å². The van der Waals surface area contributed by atoms with Crippen molar-refractivity contribution in [3.63, 3.8) is 0 Å². The number of carbonyl (C=O) groups is 2. The van der Waals surface area contributed by atoms with Gasteiger partial charge in [0.05, 0.1) is 17.2 Å². The third-order valence-corrected chi connectivity index (χ3v) is 9.47. The van der Waals surface area contributed by atoms with Gasteiger partial charge < -0.3 is 15.0 Å². The topological polar surface area (TPSA) is 96.0 Å². The van der Waals surface area contributed by atoms with Crippen LogP contribution in [0, 0.1) is 0 Å². The van der Waals surface area contributed by atoms with Crippen LogP contribution in [0.15, 0.2) is 76.1 Å². The van der Waals surface area contributed by atoms with Gasteiger partial charge in [-0.05, 0) is 80.4 Å². The van der Waals surface area contributed by atoms with Crippen molar-refractivity contribution in [2.45, 2.75) is 51.1 Å². The summed E-state index contributed by atoms with van der Waals surface area (Å²) in [5, 5.41) is 3.51. The number of ether oxygens (including phenoxy) is 1. The van der Waals surface area contributed by atoms with E-state index in [9.17, 15) is 18.0 Å². The Morgan fingerprint density at radius 1 is 0.952 bits per heavy atom. The molecule has 0 aliphatic carbocycles. The molecule has 0 radical (unpaired) electrons. The number of rotatable bonds is 14. The second-order valence-electron chi connectivity index (χ2n) is 9.33. The highest BCUT2D eigenvalue weighted by atomic mass is 79.9. The first kappa shape index (κ1) is 33.7. The molecule has 0 heterocycles. The second-order valence-corrected chi connectivity index (χ2v) is 12.9. The molecule has 3 aromatic carbocycles. The maximum atomic E-state index is 14.2. The molecular formula is C30H34BrCl2N3O5S. The number of benzene rings is 3. The number of halogens is 3. The van der Waals surface area contributed by atoms with Crippen LogP contribution in [0.5, 0.6) is 5.75 Å². The molecule has 1 N–H and O–H groups in total. The Morgan fingerprint density at radius 3 is 2.12 bits per heavy atom. The summed E-state index contributed by atoms with van der Waals surface area (Å²) in [5.74, 6) is -0.388. The average Bonchev–Trinajstić information content (AvgIpc) is 2.97. The molecular weight excluding hydrogens is 665 g/mol. The van der Waals surface area contributed by atoms with Crippen molar-refractivity contribution in [2.24, 2.45) is 0 Å². The molecule has 2 amide bonds. The summed E-state index contributed by atoms with van der Waals surface area (Å²) >= 11 is 16.2. The summed E-state index contributed by atoms with van der Waals surface area (Å²) in [6, 6.07) is 16.7. The molecule has 3 aromatic rings. The molecule has 3 rings (SSSR count). The van der Waals surface area contributed by atoms with Crippen LogP contribution in [-0.2, 0) is 26.2 Å². The van der Waals surface area contributed by atoms with Crippen LogP contribution in [0.25, 0.3) is 0 Å². The maximum absolute atomic E-state index is 14.2. The smallest absolute Gasteiger partial charge is 0.264 e. The Hall–Kier alpha value is -2.79. The number of hydrogen-bond donors (Lipinski definition) is 1. The lowest BCUT2D eigenvalue weighted by atomic mass is 10.1. The minimum atomic E-state index is -4.21. The summed E-state index contributed by atoms with van der Waals surface area (Å²) in [4.78, 5) is 28.7. The number of anilines is 1. The van der Waals surface area contributed by atoms with Gasteiger partial charge in [-0.25, -0.2) is 8.42 Å². The lowest BCUT2D eigenvalue weighted by Gasteiger charge is -2.33. The molecule has 0 saturated carbocycles. The van der Waals surface area contributed by atoms with Gasteiger partial charge in [0.15, 0.2) is 0 Å². The second kappa shape index (κ2) is 15.6. The van der Waals surface area contributed by atoms with Crippen LogP contribution in [0.1, 0.15) is 39.2 Å². The van der Waals surface area contributed by atoms with Gasteiger partial charge in [-0.3, -0.25) is 13.9 Å². The van der Waals surface area contributed by atoms with Crippen LogP contribution < -0.4 is 14.4 Å². The maximum Gasteiger partial charge on any atom is 0.264 e. The standard InChI is InChI=1S/C30H34BrCl2N3O5S/c1-4-18-34-30(38)28(5-2)35(19-25-26(32)8-7-9-27(25)33)29(37)20-36(22-12-14-23(15-13-22)41-6-3)42(39,40)24-16-10-21(31)11-17-24/h7-17,28H,4-6,18-20H2,1-3H3,(H,34,38)/t28-/m1/s1. The summed E-state index contributed by atoms with van der Waals surface area (Å²) < 4.78 is 35.2. The molecule has 1 atom stereocenters. The molecule has 0 unspecified atom stereocenters. The van der Waals surface area contributed by atoms with Gasteiger partial charge in [0.1, 0.15) is 18.3 Å². The number of nitrogens with zero attached hydrogens (tertiary/aromatic N) is 2. The number of hydrogen-bond acceptors (Lipinski definition) is 5. The van der Waals surface area contributed by atoms with Gasteiger partial charge in [-0.1, -0.05) is 59.0 Å². The van der Waals surface area contributed by atoms with E-state index in [1.165, 1.54) is 17.0 Å². The van der Waals surface area contributed by atoms with Crippen molar-refractivity contribution < 1.29 is 22.7 Å². The fraction of sp³-hybridized carbons (Fsp3) is 0.333. The molecule has 0 aromatic heterocycles. The minimum Gasteiger partial charge on any atom is -0.494 e. The lowest BCUT2D eigenvalue weighted by molar-refractivity contribution is -0.140. The van der Waals surface area contributed by atoms with Crippen molar-refractivity contribution in [3.05, 3.63) is 86.8 Å². The van der Waals surface area contributed by atoms with Crippen molar-refractivity contribution >= 4 is 66.7 Å². The molecule has 226 valence electrons. The predicted molar refractivity (Wildman–Crippen MR) is 171 cm³/mol. The minimum absolute atomic E-state index is 0.000753. The van der Waals surface area contributed by atoms with Gasteiger partial charge in [-0.15, -0.1) is 0 Å². The van der Waals surface area contributed by atoms with Gasteiger partial charge >= 0.3 is 0 Å². The molecule has 0 spiro atoms. The monoisotopic (exact) mass is 697 g/mol. The molecule has 0 saturated heterocycles. The van der Waals surface area contributed by atoms with Crippen molar-refractivity contribution in [2.75, 3.05) is 24.0 Å². The highest BCUT2D eigenvalue weighted by molar-refractivity contribution is 9.10. The molecule has 0 bridgehead atoms. The molecule has 0 fully saturated rings. The van der Waals surface area contributed by atoms with Gasteiger partial charge in [0.25, 0.3) is 10.0 Å². The van der Waals surface area contributed by atoms with E-state index in [0.29, 0.717) is 45.4 Å². The third kappa shape index (κ3) is 8.40. The quantitative estimate of drug-likeness (QED) is 0.203. The highest BCUT2D eigenvalue weighted by Gasteiger charge is 2.34. The van der Waals surface area contributed by atoms with Crippen LogP contribution >= 0.6 is 39.1 Å². The largest absolute Gasteiger partial charge is 0.494 e. The first-order valence-corrected chi connectivity index (χ1v) is 16.5. The van der Waals surface area contributed by atoms with Crippen molar-refractivity contribution in [3.8, 4) is 5.75 Å². The van der Waals surface area contributed by atoms with E-state index >= 15 is 0 Å². The molecule has 12 heteroatoms. The first-order valence-electron chi connectivity index (χ1n) is 13.5. The summed E-state index contributed by atoms with van der Waals surface area (Å²) in [7, 11) is -4.21. The van der Waals surface area contributed by atoms with Gasteiger partial charge in [0, 0.05) is 33.2 Å². The molecule has 0 aliphatic rings. The number of sulfonamides is 1. The fourth-order valence-corrected chi connectivity index (χ4v) is 6.47. The van der Waals surface area contributed by atoms with Crippen LogP contribution in [0.4, 0.5) is 5.69 Å². The van der Waals surface area contributed by atoms with Crippen molar-refractivity contribution in [1.29, 1.82) is 0 Å². The van der Waals surface area contributed by atoms with Crippen LogP contribution in [-0.4, -0.2) is 50.9 Å². The zero-order valence-electron chi connectivity index (χ0n) is 23.6. The zero-order valence-corrected chi connectivity index (χ0v) is 27.6. The van der Waals surface area contributed by atoms with Crippen molar-refractivity contribution in [1.82, 2.24) is 10.2 Å². The molecule has 0 aliphatic heterocycles. The Balaban J connectivity index is 2.09. The number of carbonyl (C=O) groups excluding carboxylic acids is 2. The van der Waals surface area contributed by atoms with Crippen LogP contribution in [0.2, 0.25) is 10.0 Å². The fourth-order valence-electron chi connectivity index (χ4n) is 4.28. The Labute approximate surface area is 266 Å². The first-order chi connectivity index (χ1) is 20.0. The summed E-state index contributed by atoms with van der Waals surface area (Å²) in [5.41, 5.74) is 0.716. The third-order valence-electron chi connectivity index (χ3n) is 6.44. The Morgan fingerprint density at radius 2 is 1.57 bits per heavy atom. The van der Waals surface area contributed by atoms with E-state index in [2.05, 4.69) is 21.2 Å². The van der Waals surface area contributed by atoms with E-state index in [-0.39, 0.29) is 29.5 Å². The lowest BCUT2D eigenvalue weighted by Crippen LogP contribution is -2.52. The van der Waals surface area contributed by atoms with E-state index in [1.807, 2.05) is 13.8 Å². The molecule has 42 heavy (non-hydrogen) atoms. The van der Waals surface area contributed by atoms with E-state index in [4.69, 9.17) is 27.9 Å². The number of nitrogens with one attached hydrogen (secondary N) is 1. The SMILES string of the molecule is CCCNC(=O)[C@@H](CC)N(Cc1c(Cl)cccc1Cl)C(=O)CN(c1ccc(OCC)cc1)S(=O)(=O)c1ccc(Br)cc1. The Kier molecular flexibility index (Phi) is 12.5. The number of amides is 2.